The van der Waals surface area contributed by atoms with Crippen LogP contribution in [0.25, 0.3) is 0 Å². The number of halogens is 3. The molecule has 0 aliphatic rings. The van der Waals surface area contributed by atoms with Crippen molar-refractivity contribution in [3.8, 4) is 0 Å². The number of hydrogen-bond donors (Lipinski definition) is 0. The zero-order valence-electron chi connectivity index (χ0n) is 9.58. The van der Waals surface area contributed by atoms with Gasteiger partial charge in [0.2, 0.25) is 0 Å². The molecule has 0 aliphatic heterocycles. The molecule has 0 fully saturated rings. The molecule has 0 amide bonds. The summed E-state index contributed by atoms with van der Waals surface area (Å²) in [6.45, 7) is 2.94. The van der Waals surface area contributed by atoms with Gasteiger partial charge in [0.15, 0.2) is 5.69 Å². The van der Waals surface area contributed by atoms with Gasteiger partial charge in [-0.1, -0.05) is 0 Å². The van der Waals surface area contributed by atoms with Gasteiger partial charge in [-0.25, -0.2) is 4.68 Å². The van der Waals surface area contributed by atoms with E-state index in [9.17, 15) is 18.0 Å². The number of carbonyl (C=O) groups is 1. The van der Waals surface area contributed by atoms with Gasteiger partial charge in [0.25, 0.3) is 5.91 Å². The van der Waals surface area contributed by atoms with E-state index in [0.717, 1.165) is 10.7 Å². The maximum Gasteiger partial charge on any atom is 0.435 e. The van der Waals surface area contributed by atoms with Gasteiger partial charge in [0.1, 0.15) is 5.76 Å². The third-order valence-corrected chi connectivity index (χ3v) is 2.46. The minimum atomic E-state index is -4.57. The van der Waals surface area contributed by atoms with E-state index in [0.29, 0.717) is 5.76 Å². The molecule has 96 valence electrons. The third-order valence-electron chi connectivity index (χ3n) is 2.46. The first-order valence-corrected chi connectivity index (χ1v) is 5.03. The third kappa shape index (κ3) is 2.03. The van der Waals surface area contributed by atoms with Gasteiger partial charge >= 0.3 is 6.18 Å². The highest BCUT2D eigenvalue weighted by molar-refractivity contribution is 5.96. The zero-order chi connectivity index (χ0) is 13.5. The summed E-state index contributed by atoms with van der Waals surface area (Å²) < 4.78 is 43.0. The van der Waals surface area contributed by atoms with Crippen LogP contribution < -0.4 is 0 Å². The molecule has 7 heteroatoms. The molecule has 2 aromatic rings. The average Bonchev–Trinajstić information content (AvgIpc) is 2.82. The molecule has 2 rings (SSSR count). The molecule has 18 heavy (non-hydrogen) atoms. The number of aryl methyl sites for hydroxylation is 2. The molecule has 4 nitrogen and oxygen atoms in total. The topological polar surface area (TPSA) is 48.0 Å². The lowest BCUT2D eigenvalue weighted by molar-refractivity contribution is -0.141. The molecular weight excluding hydrogens is 249 g/mol. The van der Waals surface area contributed by atoms with Crippen LogP contribution in [0.3, 0.4) is 0 Å². The van der Waals surface area contributed by atoms with Crippen molar-refractivity contribution < 1.29 is 22.4 Å². The van der Waals surface area contributed by atoms with E-state index in [1.807, 2.05) is 0 Å². The van der Waals surface area contributed by atoms with Gasteiger partial charge in [-0.05, 0) is 26.0 Å². The second-order valence-electron chi connectivity index (χ2n) is 3.78. The van der Waals surface area contributed by atoms with Crippen LogP contribution in [0, 0.1) is 13.8 Å². The fraction of sp³-hybridized carbons (Fsp3) is 0.273. The minimum Gasteiger partial charge on any atom is -0.469 e. The lowest BCUT2D eigenvalue weighted by atomic mass is 10.2. The molecule has 0 bridgehead atoms. The van der Waals surface area contributed by atoms with Gasteiger partial charge in [-0.3, -0.25) is 4.79 Å². The van der Waals surface area contributed by atoms with Crippen LogP contribution >= 0.6 is 0 Å². The summed E-state index contributed by atoms with van der Waals surface area (Å²) in [5, 5.41) is 3.28. The Morgan fingerprint density at radius 1 is 1.39 bits per heavy atom. The number of carbonyl (C=O) groups excluding carboxylic acids is 1. The van der Waals surface area contributed by atoms with E-state index in [-0.39, 0.29) is 11.3 Å². The Bertz CT molecular complexity index is 596. The molecule has 0 atom stereocenters. The van der Waals surface area contributed by atoms with Gasteiger partial charge in [0, 0.05) is 5.69 Å². The van der Waals surface area contributed by atoms with Crippen molar-refractivity contribution in [1.82, 2.24) is 9.78 Å². The van der Waals surface area contributed by atoms with Gasteiger partial charge in [-0.15, -0.1) is 0 Å². The summed E-state index contributed by atoms with van der Waals surface area (Å²) >= 11 is 0. The van der Waals surface area contributed by atoms with Crippen LogP contribution in [0.4, 0.5) is 13.2 Å². The average molecular weight is 258 g/mol. The first kappa shape index (κ1) is 12.4. The van der Waals surface area contributed by atoms with Crippen molar-refractivity contribution in [3.05, 3.63) is 41.1 Å². The highest BCUT2D eigenvalue weighted by Gasteiger charge is 2.35. The predicted molar refractivity (Wildman–Crippen MR) is 55.1 cm³/mol. The lowest BCUT2D eigenvalue weighted by Crippen LogP contribution is -2.16. The largest absolute Gasteiger partial charge is 0.469 e. The zero-order valence-corrected chi connectivity index (χ0v) is 9.58. The SMILES string of the molecule is Cc1occc1C(=O)n1nc(C(F)(F)F)cc1C. The Morgan fingerprint density at radius 3 is 2.50 bits per heavy atom. The lowest BCUT2D eigenvalue weighted by Gasteiger charge is -2.02. The van der Waals surface area contributed by atoms with E-state index < -0.39 is 17.8 Å². The summed E-state index contributed by atoms with van der Waals surface area (Å²) in [6.07, 6.45) is -3.27. The fourth-order valence-electron chi connectivity index (χ4n) is 1.54. The number of rotatable bonds is 1. The monoisotopic (exact) mass is 258 g/mol. The standard InChI is InChI=1S/C11H9F3N2O2/c1-6-5-9(11(12,13)14)15-16(6)10(17)8-3-4-18-7(8)2/h3-5H,1-2H3. The number of aromatic nitrogens is 2. The first-order valence-electron chi connectivity index (χ1n) is 5.03. The highest BCUT2D eigenvalue weighted by atomic mass is 19.4. The maximum absolute atomic E-state index is 12.5. The van der Waals surface area contributed by atoms with Crippen molar-refractivity contribution in [2.24, 2.45) is 0 Å². The molecule has 0 aliphatic carbocycles. The quantitative estimate of drug-likeness (QED) is 0.790. The molecular formula is C11H9F3N2O2. The normalized spacial score (nSPS) is 11.8. The molecule has 0 aromatic carbocycles. The predicted octanol–water partition coefficient (Wildman–Crippen LogP) is 2.80. The molecule has 0 radical (unpaired) electrons. The Balaban J connectivity index is 2.44. The number of nitrogens with zero attached hydrogens (tertiary/aromatic N) is 2. The van der Waals surface area contributed by atoms with E-state index in [2.05, 4.69) is 5.10 Å². The molecule has 0 saturated heterocycles. The van der Waals surface area contributed by atoms with Crippen LogP contribution in [0.5, 0.6) is 0 Å². The van der Waals surface area contributed by atoms with Crippen LogP contribution in [-0.4, -0.2) is 15.7 Å². The van der Waals surface area contributed by atoms with Gasteiger partial charge < -0.3 is 4.42 Å². The molecule has 2 heterocycles. The fourth-order valence-corrected chi connectivity index (χ4v) is 1.54. The van der Waals surface area contributed by atoms with Crippen LogP contribution in [0.1, 0.15) is 27.5 Å². The smallest absolute Gasteiger partial charge is 0.435 e. The molecule has 0 unspecified atom stereocenters. The summed E-state index contributed by atoms with van der Waals surface area (Å²) in [4.78, 5) is 12.0. The van der Waals surface area contributed by atoms with Crippen LogP contribution in [0.15, 0.2) is 22.8 Å². The summed E-state index contributed by atoms with van der Waals surface area (Å²) in [5.41, 5.74) is -0.780. The Hall–Kier alpha value is -2.05. The number of furan rings is 1. The Labute approximate surface area is 100 Å². The van der Waals surface area contributed by atoms with Gasteiger partial charge in [-0.2, -0.15) is 18.3 Å². The van der Waals surface area contributed by atoms with E-state index in [4.69, 9.17) is 4.42 Å². The summed E-state index contributed by atoms with van der Waals surface area (Å²) in [6, 6.07) is 2.22. The summed E-state index contributed by atoms with van der Waals surface area (Å²) in [7, 11) is 0. The molecule has 0 saturated carbocycles. The van der Waals surface area contributed by atoms with Crippen LogP contribution in [0.2, 0.25) is 0 Å². The van der Waals surface area contributed by atoms with Crippen molar-refractivity contribution >= 4 is 5.91 Å². The van der Waals surface area contributed by atoms with Crippen molar-refractivity contribution in [3.63, 3.8) is 0 Å². The van der Waals surface area contributed by atoms with Crippen molar-refractivity contribution in [2.75, 3.05) is 0 Å². The Morgan fingerprint density at radius 2 is 2.06 bits per heavy atom. The van der Waals surface area contributed by atoms with Crippen LogP contribution in [-0.2, 0) is 6.18 Å². The van der Waals surface area contributed by atoms with E-state index >= 15 is 0 Å². The van der Waals surface area contributed by atoms with Crippen molar-refractivity contribution in [2.45, 2.75) is 20.0 Å². The van der Waals surface area contributed by atoms with Crippen molar-refractivity contribution in [1.29, 1.82) is 0 Å². The first-order chi connectivity index (χ1) is 8.30. The minimum absolute atomic E-state index is 0.118. The maximum atomic E-state index is 12.5. The second-order valence-corrected chi connectivity index (χ2v) is 3.78. The Kier molecular flexibility index (Phi) is 2.76. The second kappa shape index (κ2) is 4.01. The van der Waals surface area contributed by atoms with E-state index in [1.165, 1.54) is 19.3 Å². The number of hydrogen-bond acceptors (Lipinski definition) is 3. The summed E-state index contributed by atoms with van der Waals surface area (Å²) in [5.74, 6) is -0.308. The molecule has 0 N–H and O–H groups in total. The molecule has 0 spiro atoms. The van der Waals surface area contributed by atoms with E-state index in [1.54, 1.807) is 6.92 Å². The number of alkyl halides is 3. The van der Waals surface area contributed by atoms with Gasteiger partial charge in [0.05, 0.1) is 11.8 Å². The molecule has 2 aromatic heterocycles. The highest BCUT2D eigenvalue weighted by Crippen LogP contribution is 2.28.